The summed E-state index contributed by atoms with van der Waals surface area (Å²) >= 11 is 0. The van der Waals surface area contributed by atoms with Crippen molar-refractivity contribution in [3.05, 3.63) is 67.1 Å². The van der Waals surface area contributed by atoms with Crippen LogP contribution in [-0.2, 0) is 17.1 Å². The van der Waals surface area contributed by atoms with E-state index in [4.69, 9.17) is 0 Å². The van der Waals surface area contributed by atoms with Gasteiger partial charge in [0.1, 0.15) is 11.5 Å². The van der Waals surface area contributed by atoms with Gasteiger partial charge in [-0.3, -0.25) is 9.98 Å². The first-order valence-corrected chi connectivity index (χ1v) is 6.33. The molecule has 2 N–H and O–H groups in total. The van der Waals surface area contributed by atoms with E-state index in [2.05, 4.69) is 9.98 Å². The Hall–Kier alpha value is -2.10. The number of nitrogens with zero attached hydrogens (tertiary/aromatic N) is 2. The van der Waals surface area contributed by atoms with Gasteiger partial charge in [0.05, 0.1) is 13.1 Å². The van der Waals surface area contributed by atoms with Crippen molar-refractivity contribution in [1.82, 2.24) is 0 Å². The normalized spacial score (nSPS) is 10.4. The predicted octanol–water partition coefficient (Wildman–Crippen LogP) is 3.08. The standard InChI is InChI=1S/C16H16N2O2.CH3.Cu/c19-15-7-3-1-5-13(15)11-17-9-10-18-12-14-6-2-4-8-16(14)20;;/h1-8,11-12,19-20H,9-10H2;1H3;/q;-1;+1. The van der Waals surface area contributed by atoms with Gasteiger partial charge in [-0.1, -0.05) is 24.3 Å². The number of hydrogen-bond acceptors (Lipinski definition) is 4. The number of phenolic OH excluding ortho intramolecular Hbond substituents is 2. The molecule has 5 heteroatoms. The van der Waals surface area contributed by atoms with Crippen LogP contribution in [0, 0.1) is 7.43 Å². The smallest absolute Gasteiger partial charge is 0.507 e. The van der Waals surface area contributed by atoms with Crippen molar-refractivity contribution in [2.75, 3.05) is 13.1 Å². The van der Waals surface area contributed by atoms with Crippen molar-refractivity contribution in [3.8, 4) is 11.5 Å². The summed E-state index contributed by atoms with van der Waals surface area (Å²) in [5.41, 5.74) is 1.38. The predicted molar refractivity (Wildman–Crippen MR) is 87.5 cm³/mol. The molecule has 0 amide bonds. The molecule has 0 aromatic heterocycles. The Labute approximate surface area is 141 Å². The molecule has 0 saturated heterocycles. The number of phenols is 2. The van der Waals surface area contributed by atoms with Crippen molar-refractivity contribution in [2.24, 2.45) is 9.98 Å². The van der Waals surface area contributed by atoms with Crippen LogP contribution in [0.15, 0.2) is 58.5 Å². The average molecular weight is 347 g/mol. The molecule has 0 bridgehead atoms. The van der Waals surface area contributed by atoms with Crippen molar-refractivity contribution in [3.63, 3.8) is 0 Å². The topological polar surface area (TPSA) is 65.2 Å². The Bertz CT molecular complexity index is 572. The fourth-order valence-corrected chi connectivity index (χ4v) is 1.63. The Morgan fingerprint density at radius 3 is 1.45 bits per heavy atom. The molecule has 0 spiro atoms. The van der Waals surface area contributed by atoms with Gasteiger partial charge in [0.15, 0.2) is 0 Å². The van der Waals surface area contributed by atoms with Crippen LogP contribution in [0.4, 0.5) is 0 Å². The van der Waals surface area contributed by atoms with E-state index in [1.807, 2.05) is 12.1 Å². The maximum Gasteiger partial charge on any atom is 1.00 e. The van der Waals surface area contributed by atoms with Crippen LogP contribution in [0.3, 0.4) is 0 Å². The Morgan fingerprint density at radius 1 is 0.727 bits per heavy atom. The van der Waals surface area contributed by atoms with E-state index in [9.17, 15) is 10.2 Å². The quantitative estimate of drug-likeness (QED) is 0.378. The van der Waals surface area contributed by atoms with Crippen molar-refractivity contribution < 1.29 is 27.3 Å². The monoisotopic (exact) mass is 346 g/mol. The van der Waals surface area contributed by atoms with E-state index in [0.717, 1.165) is 0 Å². The third-order valence-corrected chi connectivity index (χ3v) is 2.69. The number of rotatable bonds is 5. The zero-order chi connectivity index (χ0) is 14.2. The van der Waals surface area contributed by atoms with Crippen molar-refractivity contribution >= 4 is 12.4 Å². The second kappa shape index (κ2) is 10.6. The molecule has 0 aliphatic heterocycles. The first-order chi connectivity index (χ1) is 9.77. The van der Waals surface area contributed by atoms with E-state index in [-0.39, 0.29) is 36.0 Å². The van der Waals surface area contributed by atoms with Crippen molar-refractivity contribution in [2.45, 2.75) is 0 Å². The van der Waals surface area contributed by atoms with E-state index in [0.29, 0.717) is 24.2 Å². The van der Waals surface area contributed by atoms with Gasteiger partial charge in [-0.05, 0) is 24.3 Å². The molecule has 0 fully saturated rings. The second-order valence-electron chi connectivity index (χ2n) is 4.19. The van der Waals surface area contributed by atoms with Crippen LogP contribution in [0.2, 0.25) is 0 Å². The van der Waals surface area contributed by atoms with E-state index >= 15 is 0 Å². The molecule has 120 valence electrons. The van der Waals surface area contributed by atoms with Crippen LogP contribution in [0.25, 0.3) is 0 Å². The molecule has 0 atom stereocenters. The summed E-state index contributed by atoms with van der Waals surface area (Å²) in [7, 11) is 0. The van der Waals surface area contributed by atoms with Gasteiger partial charge in [0.2, 0.25) is 0 Å². The largest absolute Gasteiger partial charge is 1.00 e. The minimum atomic E-state index is 0. The summed E-state index contributed by atoms with van der Waals surface area (Å²) in [6.07, 6.45) is 3.26. The Morgan fingerprint density at radius 2 is 1.09 bits per heavy atom. The molecule has 0 radical (unpaired) electrons. The molecule has 2 rings (SSSR count). The zero-order valence-electron chi connectivity index (χ0n) is 12.3. The fourth-order valence-electron chi connectivity index (χ4n) is 1.63. The van der Waals surface area contributed by atoms with E-state index in [1.165, 1.54) is 0 Å². The molecule has 4 nitrogen and oxygen atoms in total. The van der Waals surface area contributed by atoms with Crippen molar-refractivity contribution in [1.29, 1.82) is 0 Å². The molecular weight excluding hydrogens is 328 g/mol. The van der Waals surface area contributed by atoms with Crippen LogP contribution in [0.5, 0.6) is 11.5 Å². The summed E-state index contributed by atoms with van der Waals surface area (Å²) in [6, 6.07) is 14.1. The zero-order valence-corrected chi connectivity index (χ0v) is 13.2. The number of aliphatic imine (C=N–C) groups is 2. The summed E-state index contributed by atoms with van der Waals surface area (Å²) in [5.74, 6) is 0.433. The molecule has 2 aromatic rings. The summed E-state index contributed by atoms with van der Waals surface area (Å²) in [6.45, 7) is 1.05. The van der Waals surface area contributed by atoms with Gasteiger partial charge < -0.3 is 17.6 Å². The van der Waals surface area contributed by atoms with Gasteiger partial charge in [0, 0.05) is 23.6 Å². The van der Waals surface area contributed by atoms with Gasteiger partial charge in [-0.15, -0.1) is 0 Å². The number of para-hydroxylation sites is 2. The van der Waals surface area contributed by atoms with Gasteiger partial charge in [-0.25, -0.2) is 0 Å². The third kappa shape index (κ3) is 6.12. The van der Waals surface area contributed by atoms with Crippen LogP contribution >= 0.6 is 0 Å². The summed E-state index contributed by atoms with van der Waals surface area (Å²) < 4.78 is 0. The molecule has 0 aliphatic rings. The van der Waals surface area contributed by atoms with Gasteiger partial charge in [-0.2, -0.15) is 0 Å². The Kier molecular flexibility index (Phi) is 9.59. The molecular formula is C17H19CuN2O2. The van der Waals surface area contributed by atoms with Crippen LogP contribution < -0.4 is 0 Å². The SMILES string of the molecule is Oc1ccccc1C=NCCN=Cc1ccccc1O.[CH3-].[Cu+]. The van der Waals surface area contributed by atoms with Crippen LogP contribution in [-0.4, -0.2) is 35.7 Å². The maximum atomic E-state index is 9.54. The molecule has 0 heterocycles. The number of hydrogen-bond donors (Lipinski definition) is 2. The number of benzene rings is 2. The van der Waals surface area contributed by atoms with Crippen LogP contribution in [0.1, 0.15) is 11.1 Å². The number of aromatic hydroxyl groups is 2. The summed E-state index contributed by atoms with van der Waals surface area (Å²) in [4.78, 5) is 8.39. The van der Waals surface area contributed by atoms with E-state index < -0.39 is 0 Å². The minimum absolute atomic E-state index is 0. The second-order valence-corrected chi connectivity index (χ2v) is 4.19. The van der Waals surface area contributed by atoms with Gasteiger partial charge in [0.25, 0.3) is 0 Å². The molecule has 0 saturated carbocycles. The van der Waals surface area contributed by atoms with Gasteiger partial charge >= 0.3 is 17.1 Å². The molecule has 0 unspecified atom stereocenters. The summed E-state index contributed by atoms with van der Waals surface area (Å²) in [5, 5.41) is 19.1. The Balaban J connectivity index is 0.00000220. The maximum absolute atomic E-state index is 9.54. The average Bonchev–Trinajstić information content (AvgIpc) is 2.46. The molecule has 22 heavy (non-hydrogen) atoms. The third-order valence-electron chi connectivity index (χ3n) is 2.69. The van der Waals surface area contributed by atoms with E-state index in [1.54, 1.807) is 48.8 Å². The first kappa shape index (κ1) is 19.9. The molecule has 2 aromatic carbocycles. The molecule has 0 aliphatic carbocycles. The first-order valence-electron chi connectivity index (χ1n) is 6.33. The minimum Gasteiger partial charge on any atom is -0.507 e. The fraction of sp³-hybridized carbons (Fsp3) is 0.118.